The Balaban J connectivity index is 0.00000361. The molecule has 0 saturated carbocycles. The second-order valence-electron chi connectivity index (χ2n) is 8.63. The molecule has 1 atom stereocenters. The highest BCUT2D eigenvalue weighted by Crippen LogP contribution is 2.29. The first-order valence-corrected chi connectivity index (χ1v) is 11.1. The number of nitrogens with one attached hydrogen (secondary N) is 1. The van der Waals surface area contributed by atoms with Crippen LogP contribution in [0.2, 0.25) is 0 Å². The average Bonchev–Trinajstić information content (AvgIpc) is 3.29. The van der Waals surface area contributed by atoms with Crippen LogP contribution in [0.1, 0.15) is 18.2 Å². The van der Waals surface area contributed by atoms with Gasteiger partial charge in [-0.05, 0) is 74.1 Å². The third-order valence-corrected chi connectivity index (χ3v) is 5.99. The standard InChI is InChI=1S/C26H25F4N3O2.H2/c1-32(2)21-12-13-33(16-21)24-11-10-20(15-23(24)27)31-25(34)18-8-6-17(7-9-18)19-4-3-5-22(14-19)35-26(28,29)30;/h3-11,14-15,21H,12-13,16H2,1-2H3,(H,31,34);1H. The molecule has 1 aliphatic heterocycles. The Morgan fingerprint density at radius 1 is 1.06 bits per heavy atom. The van der Waals surface area contributed by atoms with E-state index in [1.165, 1.54) is 24.3 Å². The molecule has 5 nitrogen and oxygen atoms in total. The SMILES string of the molecule is CN(C)C1CCN(c2ccc(NC(=O)c3ccc(-c4cccc(OC(F)(F)F)c4)cc3)cc2F)C1.[HH]. The number of carbonyl (C=O) groups is 1. The number of alkyl halides is 3. The molecule has 0 bridgehead atoms. The van der Waals surface area contributed by atoms with E-state index in [1.807, 2.05) is 19.0 Å². The van der Waals surface area contributed by atoms with Crippen LogP contribution in [-0.2, 0) is 0 Å². The van der Waals surface area contributed by atoms with Crippen molar-refractivity contribution in [2.75, 3.05) is 37.4 Å². The number of hydrogen-bond acceptors (Lipinski definition) is 4. The summed E-state index contributed by atoms with van der Waals surface area (Å²) in [5, 5.41) is 2.69. The minimum Gasteiger partial charge on any atom is -0.406 e. The van der Waals surface area contributed by atoms with Crippen LogP contribution in [0.5, 0.6) is 5.75 Å². The Morgan fingerprint density at radius 3 is 2.43 bits per heavy atom. The summed E-state index contributed by atoms with van der Waals surface area (Å²) in [4.78, 5) is 16.8. The van der Waals surface area contributed by atoms with Gasteiger partial charge in [-0.15, -0.1) is 13.2 Å². The third kappa shape index (κ3) is 6.10. The van der Waals surface area contributed by atoms with Crippen molar-refractivity contribution in [3.05, 3.63) is 78.1 Å². The summed E-state index contributed by atoms with van der Waals surface area (Å²) in [6.07, 6.45) is -3.82. The van der Waals surface area contributed by atoms with E-state index in [-0.39, 0.29) is 7.18 Å². The molecule has 3 aromatic carbocycles. The summed E-state index contributed by atoms with van der Waals surface area (Å²) in [6, 6.07) is 17.0. The van der Waals surface area contributed by atoms with Crippen LogP contribution in [0.3, 0.4) is 0 Å². The highest BCUT2D eigenvalue weighted by molar-refractivity contribution is 6.04. The van der Waals surface area contributed by atoms with Crippen LogP contribution in [0.15, 0.2) is 66.7 Å². The second-order valence-corrected chi connectivity index (χ2v) is 8.63. The van der Waals surface area contributed by atoms with Gasteiger partial charge >= 0.3 is 6.36 Å². The molecule has 1 fully saturated rings. The van der Waals surface area contributed by atoms with Crippen LogP contribution in [0, 0.1) is 5.82 Å². The molecule has 0 aromatic heterocycles. The van der Waals surface area contributed by atoms with Gasteiger partial charge in [0.1, 0.15) is 11.6 Å². The molecule has 35 heavy (non-hydrogen) atoms. The maximum absolute atomic E-state index is 14.8. The Bertz CT molecular complexity index is 1200. The quantitative estimate of drug-likeness (QED) is 0.430. The lowest BCUT2D eigenvalue weighted by molar-refractivity contribution is -0.274. The predicted molar refractivity (Wildman–Crippen MR) is 129 cm³/mol. The van der Waals surface area contributed by atoms with Gasteiger partial charge in [0.25, 0.3) is 5.91 Å². The summed E-state index contributed by atoms with van der Waals surface area (Å²) in [6.45, 7) is 1.51. The summed E-state index contributed by atoms with van der Waals surface area (Å²) in [5.41, 5.74) is 2.30. The summed E-state index contributed by atoms with van der Waals surface area (Å²) in [5.74, 6) is -1.15. The van der Waals surface area contributed by atoms with E-state index in [2.05, 4.69) is 15.0 Å². The van der Waals surface area contributed by atoms with Gasteiger partial charge in [0.2, 0.25) is 0 Å². The Hall–Kier alpha value is -3.59. The van der Waals surface area contributed by atoms with E-state index in [9.17, 15) is 22.4 Å². The zero-order valence-electron chi connectivity index (χ0n) is 19.3. The van der Waals surface area contributed by atoms with Crippen molar-refractivity contribution in [1.29, 1.82) is 0 Å². The number of amides is 1. The molecule has 9 heteroatoms. The molecule has 1 amide bonds. The molecule has 1 saturated heterocycles. The summed E-state index contributed by atoms with van der Waals surface area (Å²) < 4.78 is 56.1. The van der Waals surface area contributed by atoms with Crippen LogP contribution >= 0.6 is 0 Å². The zero-order valence-corrected chi connectivity index (χ0v) is 19.3. The number of likely N-dealkylation sites (N-methyl/N-ethyl adjacent to an activating group) is 1. The van der Waals surface area contributed by atoms with E-state index in [4.69, 9.17) is 0 Å². The number of nitrogens with zero attached hydrogens (tertiary/aromatic N) is 2. The number of hydrogen-bond donors (Lipinski definition) is 1. The smallest absolute Gasteiger partial charge is 0.406 e. The molecule has 0 radical (unpaired) electrons. The number of rotatable bonds is 6. The van der Waals surface area contributed by atoms with Crippen molar-refractivity contribution in [3.63, 3.8) is 0 Å². The third-order valence-electron chi connectivity index (χ3n) is 5.99. The van der Waals surface area contributed by atoms with Gasteiger partial charge in [-0.3, -0.25) is 4.79 Å². The minimum atomic E-state index is -4.78. The molecule has 1 heterocycles. The van der Waals surface area contributed by atoms with Gasteiger partial charge in [-0.2, -0.15) is 0 Å². The Labute approximate surface area is 202 Å². The Morgan fingerprint density at radius 2 is 1.80 bits per heavy atom. The minimum absolute atomic E-state index is 0. The van der Waals surface area contributed by atoms with Gasteiger partial charge in [0, 0.05) is 31.8 Å². The molecule has 4 rings (SSSR count). The molecule has 0 spiro atoms. The maximum atomic E-state index is 14.8. The first kappa shape index (κ1) is 24.5. The van der Waals surface area contributed by atoms with Crippen molar-refractivity contribution in [1.82, 2.24) is 4.90 Å². The first-order chi connectivity index (χ1) is 16.6. The van der Waals surface area contributed by atoms with Crippen molar-refractivity contribution in [2.24, 2.45) is 0 Å². The van der Waals surface area contributed by atoms with Crippen molar-refractivity contribution in [3.8, 4) is 16.9 Å². The van der Waals surface area contributed by atoms with Gasteiger partial charge in [-0.1, -0.05) is 24.3 Å². The average molecular weight is 490 g/mol. The lowest BCUT2D eigenvalue weighted by Gasteiger charge is -2.22. The second kappa shape index (κ2) is 9.95. The van der Waals surface area contributed by atoms with Gasteiger partial charge in [0.05, 0.1) is 5.69 Å². The van der Waals surface area contributed by atoms with Gasteiger partial charge in [-0.25, -0.2) is 4.39 Å². The maximum Gasteiger partial charge on any atom is 0.573 e. The molecular formula is C26H27F4N3O2. The molecule has 186 valence electrons. The molecule has 0 aliphatic carbocycles. The molecule has 1 N–H and O–H groups in total. The van der Waals surface area contributed by atoms with Crippen LogP contribution in [0.25, 0.3) is 11.1 Å². The highest BCUT2D eigenvalue weighted by Gasteiger charge is 2.31. The van der Waals surface area contributed by atoms with E-state index in [0.29, 0.717) is 34.1 Å². The molecular weight excluding hydrogens is 462 g/mol. The first-order valence-electron chi connectivity index (χ1n) is 11.1. The lowest BCUT2D eigenvalue weighted by Crippen LogP contribution is -2.31. The summed E-state index contributed by atoms with van der Waals surface area (Å²) >= 11 is 0. The number of halogens is 4. The molecule has 1 unspecified atom stereocenters. The molecule has 3 aromatic rings. The summed E-state index contributed by atoms with van der Waals surface area (Å²) in [7, 11) is 4.02. The van der Waals surface area contributed by atoms with Crippen molar-refractivity contribution < 1.29 is 28.5 Å². The fourth-order valence-electron chi connectivity index (χ4n) is 4.11. The van der Waals surface area contributed by atoms with Crippen molar-refractivity contribution in [2.45, 2.75) is 18.8 Å². The number of anilines is 2. The fraction of sp³-hybridized carbons (Fsp3) is 0.269. The van der Waals surface area contributed by atoms with Gasteiger partial charge in [0.15, 0.2) is 0 Å². The predicted octanol–water partition coefficient (Wildman–Crippen LogP) is 6.03. The van der Waals surface area contributed by atoms with Crippen LogP contribution in [-0.4, -0.2) is 50.4 Å². The topological polar surface area (TPSA) is 44.8 Å². The largest absolute Gasteiger partial charge is 0.573 e. The Kier molecular flexibility index (Phi) is 6.98. The van der Waals surface area contributed by atoms with Crippen LogP contribution < -0.4 is 15.0 Å². The zero-order chi connectivity index (χ0) is 25.2. The van der Waals surface area contributed by atoms with E-state index < -0.39 is 18.1 Å². The van der Waals surface area contributed by atoms with Crippen molar-refractivity contribution >= 4 is 17.3 Å². The highest BCUT2D eigenvalue weighted by atomic mass is 19.4. The fourth-order valence-corrected chi connectivity index (χ4v) is 4.11. The monoisotopic (exact) mass is 489 g/mol. The number of carbonyl (C=O) groups excluding carboxylic acids is 1. The number of ether oxygens (including phenoxy) is 1. The molecule has 1 aliphatic rings. The van der Waals surface area contributed by atoms with E-state index in [1.54, 1.807) is 42.5 Å². The normalized spacial score (nSPS) is 16.0. The van der Waals surface area contributed by atoms with Crippen LogP contribution in [0.4, 0.5) is 28.9 Å². The lowest BCUT2D eigenvalue weighted by atomic mass is 10.0. The van der Waals surface area contributed by atoms with Gasteiger partial charge < -0.3 is 19.9 Å². The van der Waals surface area contributed by atoms with E-state index >= 15 is 0 Å². The number of benzene rings is 3. The van der Waals surface area contributed by atoms with E-state index in [0.717, 1.165) is 19.5 Å².